The Bertz CT molecular complexity index is 950. The molecule has 0 bridgehead atoms. The molecule has 0 aliphatic carbocycles. The van der Waals surface area contributed by atoms with Gasteiger partial charge in [-0.1, -0.05) is 24.6 Å². The van der Waals surface area contributed by atoms with Gasteiger partial charge in [0.15, 0.2) is 5.78 Å². The van der Waals surface area contributed by atoms with Crippen molar-refractivity contribution in [1.29, 1.82) is 0 Å². The van der Waals surface area contributed by atoms with E-state index in [1.54, 1.807) is 24.3 Å². The quantitative estimate of drug-likeness (QED) is 0.473. The highest BCUT2D eigenvalue weighted by atomic mass is 35.5. The number of pyridine rings is 3. The molecule has 7 heteroatoms. The SMILES string of the molecule is CCc1cc(Oc2cncc(F)c2)cc(C(=O)Cc2cccc(Cl)n2)n1. The van der Waals surface area contributed by atoms with E-state index in [0.29, 0.717) is 28.7 Å². The van der Waals surface area contributed by atoms with Crippen molar-refractivity contribution in [1.82, 2.24) is 15.0 Å². The zero-order valence-corrected chi connectivity index (χ0v) is 14.7. The number of hydrogen-bond acceptors (Lipinski definition) is 5. The number of halogens is 2. The van der Waals surface area contributed by atoms with Gasteiger partial charge in [-0.15, -0.1) is 0 Å². The number of hydrogen-bond donors (Lipinski definition) is 0. The predicted molar refractivity (Wildman–Crippen MR) is 95.2 cm³/mol. The van der Waals surface area contributed by atoms with E-state index in [-0.39, 0.29) is 23.6 Å². The topological polar surface area (TPSA) is 65.0 Å². The minimum Gasteiger partial charge on any atom is -0.455 e. The van der Waals surface area contributed by atoms with Crippen molar-refractivity contribution in [3.63, 3.8) is 0 Å². The van der Waals surface area contributed by atoms with E-state index >= 15 is 0 Å². The van der Waals surface area contributed by atoms with Gasteiger partial charge in [0.05, 0.1) is 18.8 Å². The largest absolute Gasteiger partial charge is 0.455 e. The second-order valence-electron chi connectivity index (χ2n) is 5.53. The molecule has 0 spiro atoms. The van der Waals surface area contributed by atoms with Gasteiger partial charge in [0.25, 0.3) is 0 Å². The van der Waals surface area contributed by atoms with E-state index in [9.17, 15) is 9.18 Å². The number of ketones is 1. The summed E-state index contributed by atoms with van der Waals surface area (Å²) in [6, 6.07) is 9.56. The first kappa shape index (κ1) is 17.9. The summed E-state index contributed by atoms with van der Waals surface area (Å²) in [4.78, 5) is 24.8. The third-order valence-corrected chi connectivity index (χ3v) is 3.74. The number of nitrogens with zero attached hydrogens (tertiary/aromatic N) is 3. The fourth-order valence-electron chi connectivity index (χ4n) is 2.33. The van der Waals surface area contributed by atoms with Gasteiger partial charge >= 0.3 is 0 Å². The number of Topliss-reactive ketones (excluding diaryl/α,β-unsaturated/α-hetero) is 1. The molecule has 3 heterocycles. The summed E-state index contributed by atoms with van der Waals surface area (Å²) in [5.41, 5.74) is 1.50. The van der Waals surface area contributed by atoms with Crippen molar-refractivity contribution < 1.29 is 13.9 Å². The van der Waals surface area contributed by atoms with E-state index < -0.39 is 5.82 Å². The van der Waals surface area contributed by atoms with Crippen molar-refractivity contribution in [3.05, 3.63) is 76.8 Å². The highest BCUT2D eigenvalue weighted by Gasteiger charge is 2.13. The highest BCUT2D eigenvalue weighted by molar-refractivity contribution is 6.29. The van der Waals surface area contributed by atoms with Crippen molar-refractivity contribution in [3.8, 4) is 11.5 Å². The lowest BCUT2D eigenvalue weighted by atomic mass is 10.1. The van der Waals surface area contributed by atoms with Crippen LogP contribution in [-0.4, -0.2) is 20.7 Å². The molecule has 0 aliphatic heterocycles. The lowest BCUT2D eigenvalue weighted by Crippen LogP contribution is -2.09. The first-order valence-electron chi connectivity index (χ1n) is 7.97. The predicted octanol–water partition coefficient (Wildman–Crippen LogP) is 4.44. The number of aryl methyl sites for hydroxylation is 1. The summed E-state index contributed by atoms with van der Waals surface area (Å²) in [5.74, 6) is -0.0762. The van der Waals surface area contributed by atoms with Gasteiger partial charge in [-0.05, 0) is 18.6 Å². The minimum atomic E-state index is -0.504. The van der Waals surface area contributed by atoms with Gasteiger partial charge in [-0.25, -0.2) is 14.4 Å². The van der Waals surface area contributed by atoms with Crippen molar-refractivity contribution in [2.45, 2.75) is 19.8 Å². The fourth-order valence-corrected chi connectivity index (χ4v) is 2.51. The Morgan fingerprint density at radius 1 is 1.12 bits per heavy atom. The van der Waals surface area contributed by atoms with Gasteiger partial charge < -0.3 is 4.74 Å². The third-order valence-electron chi connectivity index (χ3n) is 3.53. The van der Waals surface area contributed by atoms with Crippen LogP contribution < -0.4 is 4.74 Å². The Hall–Kier alpha value is -2.86. The minimum absolute atomic E-state index is 0.0711. The molecule has 0 aromatic carbocycles. The van der Waals surface area contributed by atoms with E-state index in [1.807, 2.05) is 6.92 Å². The molecule has 0 amide bonds. The molecule has 5 nitrogen and oxygen atoms in total. The smallest absolute Gasteiger partial charge is 0.187 e. The maximum absolute atomic E-state index is 13.3. The molecule has 0 saturated heterocycles. The number of aromatic nitrogens is 3. The van der Waals surface area contributed by atoms with Gasteiger partial charge in [-0.2, -0.15) is 0 Å². The second kappa shape index (κ2) is 8.01. The van der Waals surface area contributed by atoms with Crippen LogP contribution in [0.25, 0.3) is 0 Å². The van der Waals surface area contributed by atoms with Crippen LogP contribution in [0.1, 0.15) is 28.8 Å². The van der Waals surface area contributed by atoms with Crippen LogP contribution in [-0.2, 0) is 12.8 Å². The number of rotatable bonds is 6. The monoisotopic (exact) mass is 371 g/mol. The molecular formula is C19H15ClFN3O2. The molecule has 3 aromatic rings. The summed E-state index contributed by atoms with van der Waals surface area (Å²) in [7, 11) is 0. The Labute approximate surface area is 154 Å². The molecule has 3 aromatic heterocycles. The van der Waals surface area contributed by atoms with Crippen LogP contribution in [0, 0.1) is 5.82 Å². The zero-order chi connectivity index (χ0) is 18.5. The van der Waals surface area contributed by atoms with E-state index in [4.69, 9.17) is 16.3 Å². The van der Waals surface area contributed by atoms with Crippen LogP contribution in [0.15, 0.2) is 48.8 Å². The normalized spacial score (nSPS) is 10.6. The van der Waals surface area contributed by atoms with Crippen LogP contribution in [0.4, 0.5) is 4.39 Å². The lowest BCUT2D eigenvalue weighted by molar-refractivity contribution is 0.0986. The second-order valence-corrected chi connectivity index (χ2v) is 5.91. The van der Waals surface area contributed by atoms with Gasteiger partial charge in [0, 0.05) is 29.6 Å². The van der Waals surface area contributed by atoms with Crippen LogP contribution in [0.2, 0.25) is 5.15 Å². The molecule has 0 N–H and O–H groups in total. The van der Waals surface area contributed by atoms with Crippen molar-refractivity contribution in [2.75, 3.05) is 0 Å². The summed E-state index contributed by atoms with van der Waals surface area (Å²) in [5, 5.41) is 0.327. The molecule has 26 heavy (non-hydrogen) atoms. The Morgan fingerprint density at radius 2 is 1.96 bits per heavy atom. The van der Waals surface area contributed by atoms with Crippen molar-refractivity contribution in [2.24, 2.45) is 0 Å². The molecular weight excluding hydrogens is 357 g/mol. The van der Waals surface area contributed by atoms with Gasteiger partial charge in [0.2, 0.25) is 0 Å². The van der Waals surface area contributed by atoms with E-state index in [1.165, 1.54) is 18.3 Å². The van der Waals surface area contributed by atoms with Gasteiger partial charge in [-0.3, -0.25) is 9.78 Å². The summed E-state index contributed by atoms with van der Waals surface area (Å²) in [6.45, 7) is 1.92. The number of carbonyl (C=O) groups is 1. The first-order chi connectivity index (χ1) is 12.5. The lowest BCUT2D eigenvalue weighted by Gasteiger charge is -2.09. The molecule has 0 radical (unpaired) electrons. The van der Waals surface area contributed by atoms with Crippen LogP contribution in [0.3, 0.4) is 0 Å². The summed E-state index contributed by atoms with van der Waals surface area (Å²) < 4.78 is 18.9. The van der Waals surface area contributed by atoms with E-state index in [0.717, 1.165) is 6.20 Å². The standard InChI is InChI=1S/C19H15ClFN3O2/c1-2-13-7-15(26-16-6-12(21)10-22-11-16)9-17(23-13)18(25)8-14-4-3-5-19(20)24-14/h3-7,9-11H,2,8H2,1H3. The number of ether oxygens (including phenoxy) is 1. The molecule has 0 unspecified atom stereocenters. The average Bonchev–Trinajstić information content (AvgIpc) is 2.61. The van der Waals surface area contributed by atoms with Crippen LogP contribution in [0.5, 0.6) is 11.5 Å². The Morgan fingerprint density at radius 3 is 2.69 bits per heavy atom. The summed E-state index contributed by atoms with van der Waals surface area (Å²) >= 11 is 5.86. The van der Waals surface area contributed by atoms with Crippen LogP contribution >= 0.6 is 11.6 Å². The molecule has 0 saturated carbocycles. The molecule has 0 fully saturated rings. The Kier molecular flexibility index (Phi) is 5.53. The Balaban J connectivity index is 1.85. The highest BCUT2D eigenvalue weighted by Crippen LogP contribution is 2.23. The summed E-state index contributed by atoms with van der Waals surface area (Å²) in [6.07, 6.45) is 3.17. The molecule has 132 valence electrons. The maximum atomic E-state index is 13.3. The maximum Gasteiger partial charge on any atom is 0.187 e. The van der Waals surface area contributed by atoms with Crippen molar-refractivity contribution >= 4 is 17.4 Å². The zero-order valence-electron chi connectivity index (χ0n) is 13.9. The third kappa shape index (κ3) is 4.61. The molecule has 0 aliphatic rings. The number of carbonyl (C=O) groups excluding carboxylic acids is 1. The molecule has 3 rings (SSSR count). The average molecular weight is 372 g/mol. The van der Waals surface area contributed by atoms with E-state index in [2.05, 4.69) is 15.0 Å². The first-order valence-corrected chi connectivity index (χ1v) is 8.35. The molecule has 0 atom stereocenters. The van der Waals surface area contributed by atoms with Gasteiger partial charge in [0.1, 0.15) is 28.2 Å². The fraction of sp³-hybridized carbons (Fsp3) is 0.158.